The minimum Gasteiger partial charge on any atom is -0.389 e. The number of nitrogens with two attached hydrogens (primary N) is 2. The molecule has 1 aromatic heterocycles. The highest BCUT2D eigenvalue weighted by Gasteiger charge is 2.17. The predicted molar refractivity (Wildman–Crippen MR) is 69.4 cm³/mol. The first-order valence-electron chi connectivity index (χ1n) is 5.10. The fourth-order valence-electron chi connectivity index (χ4n) is 1.25. The highest BCUT2D eigenvalue weighted by atomic mass is 35.5. The van der Waals surface area contributed by atoms with E-state index in [1.165, 1.54) is 0 Å². The minimum absolute atomic E-state index is 0.00237. The molecule has 0 aliphatic rings. The van der Waals surface area contributed by atoms with E-state index >= 15 is 0 Å². The van der Waals surface area contributed by atoms with Gasteiger partial charge in [0.2, 0.25) is 5.84 Å². The van der Waals surface area contributed by atoms with Crippen LogP contribution in [0.5, 0.6) is 0 Å². The van der Waals surface area contributed by atoms with Crippen molar-refractivity contribution in [3.63, 3.8) is 0 Å². The van der Waals surface area contributed by atoms with Gasteiger partial charge < -0.3 is 16.3 Å². The maximum atomic E-state index is 5.87. The Morgan fingerprint density at radius 3 is 2.84 bits per heavy atom. The van der Waals surface area contributed by atoms with Crippen molar-refractivity contribution in [1.82, 2.24) is 5.16 Å². The Bertz CT molecular complexity index is 614. The summed E-state index contributed by atoms with van der Waals surface area (Å²) in [5.74, 6) is 0.168. The average Bonchev–Trinajstić information content (AvgIpc) is 2.80. The third-order valence-electron chi connectivity index (χ3n) is 2.17. The van der Waals surface area contributed by atoms with Crippen LogP contribution >= 0.6 is 23.2 Å². The number of benzene rings is 1. The van der Waals surface area contributed by atoms with Crippen molar-refractivity contribution < 1.29 is 14.6 Å². The Balaban J connectivity index is 1.99. The molecule has 1 heterocycles. The lowest BCUT2D eigenvalue weighted by Gasteiger charge is -2.02. The smallest absolute Gasteiger partial charge is 0.303 e. The Labute approximate surface area is 118 Å². The summed E-state index contributed by atoms with van der Waals surface area (Å²) in [6.07, 6.45) is 0. The first kappa shape index (κ1) is 13.4. The van der Waals surface area contributed by atoms with Gasteiger partial charge in [0.25, 0.3) is 0 Å². The van der Waals surface area contributed by atoms with Crippen LogP contribution in [-0.2, 0) is 11.4 Å². The number of H-pyrrole nitrogens is 1. The van der Waals surface area contributed by atoms with Gasteiger partial charge in [-0.2, -0.15) is 0 Å². The first-order chi connectivity index (χ1) is 9.08. The second-order valence-corrected chi connectivity index (χ2v) is 4.36. The molecule has 0 saturated heterocycles. The van der Waals surface area contributed by atoms with E-state index < -0.39 is 0 Å². The standard InChI is InChI=1S/C10H9Cl2N5O2/c11-6-2-1-5(3-7(6)12)4-18-16-9(13)8-10(14)17-19-15-8/h1-3H,4H2,(H2,13,16)(H2,14,17)/p+1. The fraction of sp³-hybridized carbons (Fsp3) is 0.100. The normalized spacial score (nSPS) is 11.6. The number of nitrogen functional groups attached to an aromatic ring is 1. The zero-order chi connectivity index (χ0) is 13.8. The molecule has 0 unspecified atom stereocenters. The maximum Gasteiger partial charge on any atom is 0.303 e. The van der Waals surface area contributed by atoms with Crippen molar-refractivity contribution in [2.24, 2.45) is 10.9 Å². The van der Waals surface area contributed by atoms with E-state index in [0.717, 1.165) is 5.56 Å². The van der Waals surface area contributed by atoms with Crippen LogP contribution < -0.4 is 16.6 Å². The molecular formula is C10H10Cl2N5O2+. The van der Waals surface area contributed by atoms with E-state index in [1.807, 2.05) is 0 Å². The molecule has 2 aromatic rings. The largest absolute Gasteiger partial charge is 0.389 e. The lowest BCUT2D eigenvalue weighted by molar-refractivity contribution is -0.610. The Kier molecular flexibility index (Phi) is 4.08. The molecule has 0 atom stereocenters. The molecule has 100 valence electrons. The van der Waals surface area contributed by atoms with Crippen molar-refractivity contribution in [3.05, 3.63) is 39.5 Å². The molecule has 9 heteroatoms. The van der Waals surface area contributed by atoms with Crippen LogP contribution in [-0.4, -0.2) is 11.0 Å². The van der Waals surface area contributed by atoms with Gasteiger partial charge in [0.1, 0.15) is 6.61 Å². The van der Waals surface area contributed by atoms with Crippen molar-refractivity contribution in [1.29, 1.82) is 0 Å². The third-order valence-corrected chi connectivity index (χ3v) is 2.91. The van der Waals surface area contributed by atoms with Crippen LogP contribution in [0.25, 0.3) is 0 Å². The lowest BCUT2D eigenvalue weighted by atomic mass is 10.2. The summed E-state index contributed by atoms with van der Waals surface area (Å²) in [6.45, 7) is 0.180. The number of aromatic nitrogens is 2. The van der Waals surface area contributed by atoms with E-state index in [9.17, 15) is 0 Å². The van der Waals surface area contributed by atoms with Gasteiger partial charge in [-0.1, -0.05) is 39.6 Å². The lowest BCUT2D eigenvalue weighted by Crippen LogP contribution is -2.18. The molecule has 0 amide bonds. The van der Waals surface area contributed by atoms with Crippen molar-refractivity contribution in [3.8, 4) is 0 Å². The molecule has 0 fully saturated rings. The Morgan fingerprint density at radius 1 is 1.42 bits per heavy atom. The number of amidine groups is 1. The summed E-state index contributed by atoms with van der Waals surface area (Å²) in [6, 6.07) is 5.10. The number of rotatable bonds is 4. The maximum absolute atomic E-state index is 5.87. The molecule has 0 aliphatic carbocycles. The third kappa shape index (κ3) is 3.27. The van der Waals surface area contributed by atoms with Crippen LogP contribution in [0.4, 0.5) is 5.82 Å². The van der Waals surface area contributed by atoms with Crippen LogP contribution in [0.1, 0.15) is 11.3 Å². The monoisotopic (exact) mass is 302 g/mol. The molecule has 0 spiro atoms. The first-order valence-corrected chi connectivity index (χ1v) is 5.86. The highest BCUT2D eigenvalue weighted by molar-refractivity contribution is 6.42. The zero-order valence-corrected chi connectivity index (χ0v) is 11.1. The zero-order valence-electron chi connectivity index (χ0n) is 9.56. The topological polar surface area (TPSA) is 114 Å². The summed E-state index contributed by atoms with van der Waals surface area (Å²) in [7, 11) is 0. The average molecular weight is 303 g/mol. The number of nitrogens with one attached hydrogen (secondary N) is 1. The van der Waals surface area contributed by atoms with Crippen LogP contribution in [0.2, 0.25) is 10.0 Å². The van der Waals surface area contributed by atoms with Crippen LogP contribution in [0.3, 0.4) is 0 Å². The molecular weight excluding hydrogens is 293 g/mol. The van der Waals surface area contributed by atoms with Crippen molar-refractivity contribution in [2.75, 3.05) is 5.73 Å². The number of hydrogen-bond donors (Lipinski definition) is 2. The molecule has 0 bridgehead atoms. The number of oxime groups is 1. The van der Waals surface area contributed by atoms with Crippen LogP contribution in [0, 0.1) is 0 Å². The van der Waals surface area contributed by atoms with Gasteiger partial charge in [-0.3, -0.25) is 0 Å². The van der Waals surface area contributed by atoms with Gasteiger partial charge in [-0.25, -0.2) is 0 Å². The molecule has 0 saturated carbocycles. The number of halogens is 2. The molecule has 0 aliphatic heterocycles. The van der Waals surface area contributed by atoms with Gasteiger partial charge >= 0.3 is 11.5 Å². The van der Waals surface area contributed by atoms with Gasteiger partial charge in [0.05, 0.1) is 15.2 Å². The minimum atomic E-state index is 0.00237. The second kappa shape index (κ2) is 5.77. The van der Waals surface area contributed by atoms with Crippen molar-refractivity contribution in [2.45, 2.75) is 6.61 Å². The van der Waals surface area contributed by atoms with Crippen LogP contribution in [0.15, 0.2) is 28.0 Å². The van der Waals surface area contributed by atoms with Gasteiger partial charge in [-0.05, 0) is 17.7 Å². The summed E-state index contributed by atoms with van der Waals surface area (Å²) < 4.78 is 4.51. The summed E-state index contributed by atoms with van der Waals surface area (Å²) in [5, 5.41) is 10.4. The molecule has 0 radical (unpaired) electrons. The van der Waals surface area contributed by atoms with Gasteiger partial charge in [0.15, 0.2) is 0 Å². The summed E-state index contributed by atoms with van der Waals surface area (Å²) in [5.41, 5.74) is 12.1. The summed E-state index contributed by atoms with van der Waals surface area (Å²) >= 11 is 11.7. The van der Waals surface area contributed by atoms with E-state index in [-0.39, 0.29) is 24.0 Å². The fourth-order valence-corrected chi connectivity index (χ4v) is 1.57. The van der Waals surface area contributed by atoms with E-state index in [0.29, 0.717) is 10.0 Å². The number of hydrogen-bond acceptors (Lipinski definition) is 5. The van der Waals surface area contributed by atoms with E-state index in [4.69, 9.17) is 39.5 Å². The molecule has 5 N–H and O–H groups in total. The SMILES string of the molecule is NC(=NOCc1ccc(Cl)c(Cl)c1)c1no[nH+]c1N. The number of anilines is 1. The van der Waals surface area contributed by atoms with Gasteiger partial charge in [0, 0.05) is 0 Å². The highest BCUT2D eigenvalue weighted by Crippen LogP contribution is 2.22. The van der Waals surface area contributed by atoms with Gasteiger partial charge in [-0.15, -0.1) is 4.63 Å². The Morgan fingerprint density at radius 2 is 2.21 bits per heavy atom. The summed E-state index contributed by atoms with van der Waals surface area (Å²) in [4.78, 5) is 5.07. The quantitative estimate of drug-likeness (QED) is 0.500. The number of aromatic amines is 1. The molecule has 19 heavy (non-hydrogen) atoms. The van der Waals surface area contributed by atoms with Crippen molar-refractivity contribution >= 4 is 34.9 Å². The van der Waals surface area contributed by atoms with E-state index in [2.05, 4.69) is 20.1 Å². The molecule has 2 rings (SSSR count). The number of nitrogens with zero attached hydrogens (tertiary/aromatic N) is 2. The second-order valence-electron chi connectivity index (χ2n) is 3.55. The van der Waals surface area contributed by atoms with E-state index in [1.54, 1.807) is 18.2 Å². The Hall–Kier alpha value is -1.99. The molecule has 7 nitrogen and oxygen atoms in total. The molecule has 1 aromatic carbocycles. The predicted octanol–water partition coefficient (Wildman–Crippen LogP) is 1.21.